The van der Waals surface area contributed by atoms with Crippen molar-refractivity contribution in [2.75, 3.05) is 0 Å². The van der Waals surface area contributed by atoms with E-state index in [1.807, 2.05) is 13.8 Å². The summed E-state index contributed by atoms with van der Waals surface area (Å²) in [6.45, 7) is 5.31. The lowest BCUT2D eigenvalue weighted by atomic mass is 10.2. The minimum atomic E-state index is -0.720. The number of carbonyl (C=O) groups excluding carboxylic acids is 1. The third-order valence-corrected chi connectivity index (χ3v) is 2.91. The van der Waals surface area contributed by atoms with E-state index in [-0.39, 0.29) is 24.3 Å². The number of rotatable bonds is 7. The fourth-order valence-electron chi connectivity index (χ4n) is 1.90. The second-order valence-electron chi connectivity index (χ2n) is 4.91. The molecule has 20 heavy (non-hydrogen) atoms. The van der Waals surface area contributed by atoms with E-state index in [0.29, 0.717) is 5.56 Å². The predicted molar refractivity (Wildman–Crippen MR) is 74.9 cm³/mol. The van der Waals surface area contributed by atoms with Crippen molar-refractivity contribution >= 4 is 5.91 Å². The summed E-state index contributed by atoms with van der Waals surface area (Å²) in [5.41, 5.74) is 0.409. The minimum Gasteiger partial charge on any atom is -0.481 e. The Hall–Kier alpha value is -1.62. The van der Waals surface area contributed by atoms with Crippen LogP contribution >= 0.6 is 0 Å². The largest absolute Gasteiger partial charge is 0.481 e. The third-order valence-electron chi connectivity index (χ3n) is 2.91. The molecule has 0 fully saturated rings. The molecule has 1 aromatic rings. The van der Waals surface area contributed by atoms with E-state index in [2.05, 4.69) is 5.32 Å². The molecule has 1 aromatic carbocycles. The molecule has 0 aliphatic rings. The van der Waals surface area contributed by atoms with E-state index in [1.165, 1.54) is 18.2 Å². The van der Waals surface area contributed by atoms with Gasteiger partial charge in [-0.25, -0.2) is 4.39 Å². The van der Waals surface area contributed by atoms with Gasteiger partial charge in [-0.05, 0) is 38.0 Å². The summed E-state index contributed by atoms with van der Waals surface area (Å²) >= 11 is 0. The van der Waals surface area contributed by atoms with Crippen LogP contribution in [0.15, 0.2) is 18.2 Å². The number of amides is 1. The Bertz CT molecular complexity index is 451. The van der Waals surface area contributed by atoms with Crippen molar-refractivity contribution in [2.45, 2.75) is 52.4 Å². The Morgan fingerprint density at radius 3 is 2.70 bits per heavy atom. The average molecular weight is 283 g/mol. The van der Waals surface area contributed by atoms with Gasteiger partial charge < -0.3 is 15.2 Å². The Balaban J connectivity index is 2.63. The van der Waals surface area contributed by atoms with Gasteiger partial charge in [-0.3, -0.25) is 4.79 Å². The lowest BCUT2D eigenvalue weighted by Crippen LogP contribution is -2.41. The van der Waals surface area contributed by atoms with Crippen molar-refractivity contribution in [3.63, 3.8) is 0 Å². The number of hydrogen-bond donors (Lipinski definition) is 2. The lowest BCUT2D eigenvalue weighted by molar-refractivity contribution is -0.127. The van der Waals surface area contributed by atoms with Gasteiger partial charge in [0.1, 0.15) is 11.6 Å². The zero-order valence-electron chi connectivity index (χ0n) is 12.1. The third kappa shape index (κ3) is 5.17. The highest BCUT2D eigenvalue weighted by atomic mass is 19.1. The molecule has 0 saturated heterocycles. The summed E-state index contributed by atoms with van der Waals surface area (Å²) in [4.78, 5) is 11.9. The molecule has 4 nitrogen and oxygen atoms in total. The van der Waals surface area contributed by atoms with E-state index in [0.717, 1.165) is 12.8 Å². The lowest BCUT2D eigenvalue weighted by Gasteiger charge is -2.18. The molecule has 0 heterocycles. The molecule has 0 radical (unpaired) electrons. The van der Waals surface area contributed by atoms with Gasteiger partial charge in [0.2, 0.25) is 0 Å². The van der Waals surface area contributed by atoms with Gasteiger partial charge in [0, 0.05) is 12.1 Å². The van der Waals surface area contributed by atoms with Crippen molar-refractivity contribution in [1.82, 2.24) is 5.32 Å². The number of ether oxygens (including phenoxy) is 1. The SMILES string of the molecule is CCCC(C)NC(=O)C(C)Oc1cc(F)cc(CO)c1. The van der Waals surface area contributed by atoms with Crippen LogP contribution in [-0.2, 0) is 11.4 Å². The normalized spacial score (nSPS) is 13.7. The van der Waals surface area contributed by atoms with E-state index >= 15 is 0 Å². The van der Waals surface area contributed by atoms with E-state index in [9.17, 15) is 9.18 Å². The number of aliphatic hydroxyl groups excluding tert-OH is 1. The molecular weight excluding hydrogens is 261 g/mol. The monoisotopic (exact) mass is 283 g/mol. The molecule has 0 bridgehead atoms. The number of carbonyl (C=O) groups is 1. The highest BCUT2D eigenvalue weighted by Gasteiger charge is 2.17. The van der Waals surface area contributed by atoms with Crippen molar-refractivity contribution < 1.29 is 19.0 Å². The summed E-state index contributed by atoms with van der Waals surface area (Å²) in [6.07, 6.45) is 1.16. The van der Waals surface area contributed by atoms with Crippen LogP contribution in [0.1, 0.15) is 39.2 Å². The molecule has 0 aliphatic heterocycles. The summed E-state index contributed by atoms with van der Waals surface area (Å²) in [7, 11) is 0. The molecule has 112 valence electrons. The Kier molecular flexibility index (Phi) is 6.45. The number of hydrogen-bond acceptors (Lipinski definition) is 3. The molecule has 2 atom stereocenters. The van der Waals surface area contributed by atoms with Gasteiger partial charge in [-0.15, -0.1) is 0 Å². The summed E-state index contributed by atoms with van der Waals surface area (Å²) < 4.78 is 18.7. The summed E-state index contributed by atoms with van der Waals surface area (Å²) in [5, 5.41) is 11.8. The van der Waals surface area contributed by atoms with Gasteiger partial charge >= 0.3 is 0 Å². The van der Waals surface area contributed by atoms with Crippen LogP contribution in [0.5, 0.6) is 5.75 Å². The number of nitrogens with one attached hydrogen (secondary N) is 1. The molecule has 1 amide bonds. The fraction of sp³-hybridized carbons (Fsp3) is 0.533. The van der Waals surface area contributed by atoms with E-state index in [4.69, 9.17) is 9.84 Å². The zero-order chi connectivity index (χ0) is 15.1. The smallest absolute Gasteiger partial charge is 0.260 e. The maximum absolute atomic E-state index is 13.3. The predicted octanol–water partition coefficient (Wildman–Crippen LogP) is 2.39. The van der Waals surface area contributed by atoms with Crippen LogP contribution in [0, 0.1) is 5.82 Å². The standard InChI is InChI=1S/C15H22FNO3/c1-4-5-10(2)17-15(19)11(3)20-14-7-12(9-18)6-13(16)8-14/h6-8,10-11,18H,4-5,9H2,1-3H3,(H,17,19). The molecule has 2 N–H and O–H groups in total. The molecule has 2 unspecified atom stereocenters. The number of benzene rings is 1. The topological polar surface area (TPSA) is 58.6 Å². The van der Waals surface area contributed by atoms with Crippen molar-refractivity contribution in [3.8, 4) is 5.75 Å². The highest BCUT2D eigenvalue weighted by molar-refractivity contribution is 5.80. The van der Waals surface area contributed by atoms with E-state index in [1.54, 1.807) is 6.92 Å². The van der Waals surface area contributed by atoms with Crippen LogP contribution in [0.25, 0.3) is 0 Å². The number of halogens is 1. The molecule has 1 rings (SSSR count). The molecule has 0 aliphatic carbocycles. The first-order valence-corrected chi connectivity index (χ1v) is 6.83. The average Bonchev–Trinajstić information content (AvgIpc) is 2.37. The molecule has 0 spiro atoms. The summed E-state index contributed by atoms with van der Waals surface area (Å²) in [5.74, 6) is -0.501. The highest BCUT2D eigenvalue weighted by Crippen LogP contribution is 2.18. The fourth-order valence-corrected chi connectivity index (χ4v) is 1.90. The first-order valence-electron chi connectivity index (χ1n) is 6.83. The second-order valence-corrected chi connectivity index (χ2v) is 4.91. The Morgan fingerprint density at radius 2 is 2.10 bits per heavy atom. The van der Waals surface area contributed by atoms with Crippen LogP contribution in [0.4, 0.5) is 4.39 Å². The van der Waals surface area contributed by atoms with Gasteiger partial charge in [-0.1, -0.05) is 13.3 Å². The quantitative estimate of drug-likeness (QED) is 0.808. The van der Waals surface area contributed by atoms with Gasteiger partial charge in [0.25, 0.3) is 5.91 Å². The van der Waals surface area contributed by atoms with Crippen LogP contribution in [0.3, 0.4) is 0 Å². The van der Waals surface area contributed by atoms with Crippen LogP contribution in [-0.4, -0.2) is 23.2 Å². The van der Waals surface area contributed by atoms with Crippen molar-refractivity contribution in [2.24, 2.45) is 0 Å². The summed E-state index contributed by atoms with van der Waals surface area (Å²) in [6, 6.07) is 4.01. The molecule has 0 aromatic heterocycles. The Labute approximate surface area is 119 Å². The maximum atomic E-state index is 13.3. The zero-order valence-corrected chi connectivity index (χ0v) is 12.1. The molecule has 0 saturated carbocycles. The van der Waals surface area contributed by atoms with Crippen molar-refractivity contribution in [1.29, 1.82) is 0 Å². The van der Waals surface area contributed by atoms with Crippen LogP contribution in [0.2, 0.25) is 0 Å². The van der Waals surface area contributed by atoms with Gasteiger partial charge in [-0.2, -0.15) is 0 Å². The first-order chi connectivity index (χ1) is 9.46. The van der Waals surface area contributed by atoms with Gasteiger partial charge in [0.15, 0.2) is 6.10 Å². The first kappa shape index (κ1) is 16.4. The number of aliphatic hydroxyl groups is 1. The molecular formula is C15H22FNO3. The minimum absolute atomic E-state index is 0.0825. The maximum Gasteiger partial charge on any atom is 0.260 e. The Morgan fingerprint density at radius 1 is 1.40 bits per heavy atom. The van der Waals surface area contributed by atoms with Gasteiger partial charge in [0.05, 0.1) is 6.61 Å². The molecule has 5 heteroatoms. The van der Waals surface area contributed by atoms with Crippen LogP contribution < -0.4 is 10.1 Å². The second kappa shape index (κ2) is 7.85. The van der Waals surface area contributed by atoms with E-state index < -0.39 is 11.9 Å². The van der Waals surface area contributed by atoms with Crippen molar-refractivity contribution in [3.05, 3.63) is 29.6 Å².